The molecule has 5 heteroatoms. The van der Waals surface area contributed by atoms with Crippen LogP contribution in [0, 0.1) is 13.8 Å². The number of ether oxygens (including phenoxy) is 1. The maximum atomic E-state index is 5.60. The van der Waals surface area contributed by atoms with E-state index in [1.807, 2.05) is 32.9 Å². The highest BCUT2D eigenvalue weighted by atomic mass is 16.5. The van der Waals surface area contributed by atoms with Crippen molar-refractivity contribution < 1.29 is 9.26 Å². The SMILES string of the molecule is CCOc1c(C)cc(-c2noc(CN)n2)cc1C. The largest absolute Gasteiger partial charge is 0.493 e. The molecule has 1 heterocycles. The van der Waals surface area contributed by atoms with Crippen molar-refractivity contribution >= 4 is 0 Å². The molecule has 0 saturated heterocycles. The molecule has 0 saturated carbocycles. The minimum atomic E-state index is 0.252. The zero-order chi connectivity index (χ0) is 13.1. The molecule has 0 radical (unpaired) electrons. The second-order valence-electron chi connectivity index (χ2n) is 4.09. The van der Waals surface area contributed by atoms with Crippen molar-refractivity contribution in [3.8, 4) is 17.1 Å². The molecule has 0 amide bonds. The van der Waals surface area contributed by atoms with Crippen molar-refractivity contribution in [3.63, 3.8) is 0 Å². The number of aromatic nitrogens is 2. The van der Waals surface area contributed by atoms with Gasteiger partial charge in [0.15, 0.2) is 0 Å². The van der Waals surface area contributed by atoms with E-state index in [9.17, 15) is 0 Å². The van der Waals surface area contributed by atoms with Crippen LogP contribution in [0.1, 0.15) is 23.9 Å². The van der Waals surface area contributed by atoms with Gasteiger partial charge in [0.25, 0.3) is 0 Å². The summed E-state index contributed by atoms with van der Waals surface area (Å²) in [7, 11) is 0. The monoisotopic (exact) mass is 247 g/mol. The lowest BCUT2D eigenvalue weighted by Gasteiger charge is -2.11. The van der Waals surface area contributed by atoms with E-state index in [-0.39, 0.29) is 6.54 Å². The Hall–Kier alpha value is -1.88. The molecule has 0 spiro atoms. The van der Waals surface area contributed by atoms with Crippen LogP contribution in [-0.2, 0) is 6.54 Å². The fourth-order valence-electron chi connectivity index (χ4n) is 1.91. The number of rotatable bonds is 4. The van der Waals surface area contributed by atoms with Gasteiger partial charge in [-0.3, -0.25) is 0 Å². The lowest BCUT2D eigenvalue weighted by atomic mass is 10.1. The Labute approximate surface area is 106 Å². The Morgan fingerprint density at radius 2 is 1.94 bits per heavy atom. The smallest absolute Gasteiger partial charge is 0.240 e. The summed E-state index contributed by atoms with van der Waals surface area (Å²) in [5.74, 6) is 1.92. The van der Waals surface area contributed by atoms with E-state index < -0.39 is 0 Å². The lowest BCUT2D eigenvalue weighted by Crippen LogP contribution is -1.98. The molecule has 18 heavy (non-hydrogen) atoms. The summed E-state index contributed by atoms with van der Waals surface area (Å²) in [6.07, 6.45) is 0. The zero-order valence-corrected chi connectivity index (χ0v) is 10.9. The van der Waals surface area contributed by atoms with E-state index in [0.717, 1.165) is 22.4 Å². The fourth-order valence-corrected chi connectivity index (χ4v) is 1.91. The summed E-state index contributed by atoms with van der Waals surface area (Å²) in [6.45, 7) is 6.89. The topological polar surface area (TPSA) is 74.2 Å². The number of aryl methyl sites for hydroxylation is 2. The summed E-state index contributed by atoms with van der Waals surface area (Å²) in [4.78, 5) is 4.21. The molecule has 2 aromatic rings. The molecule has 0 fully saturated rings. The first-order valence-electron chi connectivity index (χ1n) is 5.92. The van der Waals surface area contributed by atoms with Crippen molar-refractivity contribution in [1.82, 2.24) is 10.1 Å². The Kier molecular flexibility index (Phi) is 3.62. The quantitative estimate of drug-likeness (QED) is 0.896. The van der Waals surface area contributed by atoms with Crippen molar-refractivity contribution in [3.05, 3.63) is 29.2 Å². The van der Waals surface area contributed by atoms with E-state index in [1.165, 1.54) is 0 Å². The predicted octanol–water partition coefficient (Wildman–Crippen LogP) is 2.21. The number of benzene rings is 1. The van der Waals surface area contributed by atoms with Crippen LogP contribution in [-0.4, -0.2) is 16.7 Å². The third-order valence-electron chi connectivity index (χ3n) is 2.65. The van der Waals surface area contributed by atoms with Gasteiger partial charge in [0.2, 0.25) is 11.7 Å². The van der Waals surface area contributed by atoms with Gasteiger partial charge in [-0.1, -0.05) is 5.16 Å². The zero-order valence-electron chi connectivity index (χ0n) is 10.9. The number of hydrogen-bond donors (Lipinski definition) is 1. The van der Waals surface area contributed by atoms with Gasteiger partial charge in [-0.05, 0) is 44.0 Å². The van der Waals surface area contributed by atoms with Crippen molar-refractivity contribution in [2.24, 2.45) is 5.73 Å². The van der Waals surface area contributed by atoms with E-state index >= 15 is 0 Å². The molecule has 1 aromatic heterocycles. The predicted molar refractivity (Wildman–Crippen MR) is 68.3 cm³/mol. The molecule has 5 nitrogen and oxygen atoms in total. The maximum Gasteiger partial charge on any atom is 0.240 e. The van der Waals surface area contributed by atoms with Crippen LogP contribution in [0.25, 0.3) is 11.4 Å². The molecule has 2 rings (SSSR count). The van der Waals surface area contributed by atoms with Crippen LogP contribution >= 0.6 is 0 Å². The average Bonchev–Trinajstić information content (AvgIpc) is 2.82. The Morgan fingerprint density at radius 1 is 1.28 bits per heavy atom. The van der Waals surface area contributed by atoms with Crippen LogP contribution in [0.15, 0.2) is 16.7 Å². The number of nitrogens with zero attached hydrogens (tertiary/aromatic N) is 2. The van der Waals surface area contributed by atoms with E-state index in [1.54, 1.807) is 0 Å². The van der Waals surface area contributed by atoms with Gasteiger partial charge in [-0.15, -0.1) is 0 Å². The highest BCUT2D eigenvalue weighted by molar-refractivity contribution is 5.60. The van der Waals surface area contributed by atoms with Gasteiger partial charge < -0.3 is 15.0 Å². The van der Waals surface area contributed by atoms with Crippen LogP contribution in [0.5, 0.6) is 5.75 Å². The first-order valence-corrected chi connectivity index (χ1v) is 5.92. The molecule has 0 unspecified atom stereocenters. The standard InChI is InChI=1S/C13H17N3O2/c1-4-17-12-8(2)5-10(6-9(12)3)13-15-11(7-14)18-16-13/h5-6H,4,7,14H2,1-3H3. The molecule has 0 aliphatic heterocycles. The molecule has 0 aliphatic rings. The minimum absolute atomic E-state index is 0.252. The van der Waals surface area contributed by atoms with Gasteiger partial charge in [0.05, 0.1) is 13.2 Å². The van der Waals surface area contributed by atoms with Gasteiger partial charge in [-0.2, -0.15) is 4.98 Å². The average molecular weight is 247 g/mol. The van der Waals surface area contributed by atoms with Gasteiger partial charge in [-0.25, -0.2) is 0 Å². The molecule has 0 aliphatic carbocycles. The summed E-state index contributed by atoms with van der Waals surface area (Å²) in [5.41, 5.74) is 8.48. The first-order chi connectivity index (χ1) is 8.65. The van der Waals surface area contributed by atoms with Gasteiger partial charge in [0.1, 0.15) is 5.75 Å². The number of hydrogen-bond acceptors (Lipinski definition) is 5. The summed E-state index contributed by atoms with van der Waals surface area (Å²) < 4.78 is 10.6. The second-order valence-corrected chi connectivity index (χ2v) is 4.09. The molecule has 1 aromatic carbocycles. The minimum Gasteiger partial charge on any atom is -0.493 e. The van der Waals surface area contributed by atoms with Crippen molar-refractivity contribution in [2.75, 3.05) is 6.61 Å². The summed E-state index contributed by atoms with van der Waals surface area (Å²) >= 11 is 0. The molecule has 2 N–H and O–H groups in total. The van der Waals surface area contributed by atoms with E-state index in [2.05, 4.69) is 10.1 Å². The van der Waals surface area contributed by atoms with Crippen LogP contribution in [0.2, 0.25) is 0 Å². The first kappa shape index (κ1) is 12.6. The van der Waals surface area contributed by atoms with Crippen molar-refractivity contribution in [1.29, 1.82) is 0 Å². The Balaban J connectivity index is 2.40. The van der Waals surface area contributed by atoms with E-state index in [4.69, 9.17) is 15.0 Å². The van der Waals surface area contributed by atoms with Crippen LogP contribution in [0.3, 0.4) is 0 Å². The Morgan fingerprint density at radius 3 is 2.44 bits per heavy atom. The van der Waals surface area contributed by atoms with E-state index in [0.29, 0.717) is 18.3 Å². The normalized spacial score (nSPS) is 10.7. The van der Waals surface area contributed by atoms with Crippen LogP contribution < -0.4 is 10.5 Å². The Bertz CT molecular complexity index is 526. The van der Waals surface area contributed by atoms with Gasteiger partial charge >= 0.3 is 0 Å². The highest BCUT2D eigenvalue weighted by Crippen LogP contribution is 2.28. The summed E-state index contributed by atoms with van der Waals surface area (Å²) in [6, 6.07) is 3.98. The fraction of sp³-hybridized carbons (Fsp3) is 0.385. The van der Waals surface area contributed by atoms with Crippen LogP contribution in [0.4, 0.5) is 0 Å². The molecule has 96 valence electrons. The molecule has 0 bridgehead atoms. The summed E-state index contributed by atoms with van der Waals surface area (Å²) in [5, 5.41) is 3.91. The third-order valence-corrected chi connectivity index (χ3v) is 2.65. The molecular formula is C13H17N3O2. The van der Waals surface area contributed by atoms with Gasteiger partial charge in [0, 0.05) is 5.56 Å². The maximum absolute atomic E-state index is 5.60. The lowest BCUT2D eigenvalue weighted by molar-refractivity contribution is 0.335. The number of nitrogens with two attached hydrogens (primary N) is 1. The second kappa shape index (κ2) is 5.18. The van der Waals surface area contributed by atoms with Crippen molar-refractivity contribution in [2.45, 2.75) is 27.3 Å². The molecule has 0 atom stereocenters. The molecular weight excluding hydrogens is 230 g/mol. The third kappa shape index (κ3) is 2.36. The highest BCUT2D eigenvalue weighted by Gasteiger charge is 2.11.